The van der Waals surface area contributed by atoms with Crippen molar-refractivity contribution in [3.8, 4) is 0 Å². The summed E-state index contributed by atoms with van der Waals surface area (Å²) >= 11 is 0. The quantitative estimate of drug-likeness (QED) is 0.711. The third-order valence-electron chi connectivity index (χ3n) is 3.62. The Bertz CT molecular complexity index is 887. The van der Waals surface area contributed by atoms with Gasteiger partial charge in [0.1, 0.15) is 0 Å². The Morgan fingerprint density at radius 3 is 2.64 bits per heavy atom. The summed E-state index contributed by atoms with van der Waals surface area (Å²) in [5.74, 6) is 0.171. The number of fused-ring (bicyclic) bond motifs is 1. The Morgan fingerprint density at radius 1 is 1.16 bits per heavy atom. The summed E-state index contributed by atoms with van der Waals surface area (Å²) in [5.41, 5.74) is 3.14. The topological polar surface area (TPSA) is 78.1 Å². The summed E-state index contributed by atoms with van der Waals surface area (Å²) in [6.45, 7) is 0.293. The van der Waals surface area contributed by atoms with Gasteiger partial charge in [-0.3, -0.25) is 9.00 Å². The first-order valence-electron chi connectivity index (χ1n) is 7.88. The molecule has 6 nitrogen and oxygen atoms in total. The van der Waals surface area contributed by atoms with Crippen LogP contribution in [0.1, 0.15) is 5.56 Å². The molecule has 1 aromatic heterocycles. The van der Waals surface area contributed by atoms with E-state index in [0.717, 1.165) is 16.6 Å². The van der Waals surface area contributed by atoms with Gasteiger partial charge in [0.15, 0.2) is 5.16 Å². The molecule has 1 unspecified atom stereocenters. The van der Waals surface area contributed by atoms with E-state index in [1.165, 1.54) is 0 Å². The molecule has 0 aliphatic heterocycles. The van der Waals surface area contributed by atoms with Crippen LogP contribution < -0.4 is 5.32 Å². The largest absolute Gasteiger partial charge is 0.331 e. The number of H-pyrrole nitrogens is 1. The zero-order valence-electron chi connectivity index (χ0n) is 14.2. The molecule has 0 bridgehead atoms. The maximum Gasteiger partial charge on any atom is 0.238 e. The standard InChI is InChI=1S/C18H20N4O2S/c1-22(2)11-17(23)19-14-8-4-3-7-13(14)12-25(24)18-20-15-9-5-6-10-16(15)21-18/h3-10H,11-12H2,1-2H3,(H,19,23)(H,20,21). The highest BCUT2D eigenvalue weighted by atomic mass is 32.2. The maximum atomic E-state index is 12.7. The second-order valence-corrected chi connectivity index (χ2v) is 7.36. The molecular weight excluding hydrogens is 336 g/mol. The minimum absolute atomic E-state index is 0.105. The van der Waals surface area contributed by atoms with E-state index in [0.29, 0.717) is 17.4 Å². The lowest BCUT2D eigenvalue weighted by Crippen LogP contribution is -2.27. The van der Waals surface area contributed by atoms with Crippen LogP contribution in [0.15, 0.2) is 53.7 Å². The molecule has 0 aliphatic carbocycles. The predicted molar refractivity (Wildman–Crippen MR) is 99.8 cm³/mol. The van der Waals surface area contributed by atoms with Crippen molar-refractivity contribution >= 4 is 33.4 Å². The van der Waals surface area contributed by atoms with E-state index in [4.69, 9.17) is 0 Å². The molecule has 25 heavy (non-hydrogen) atoms. The van der Waals surface area contributed by atoms with Crippen LogP contribution in [0, 0.1) is 0 Å². The fraction of sp³-hybridized carbons (Fsp3) is 0.222. The summed E-state index contributed by atoms with van der Waals surface area (Å²) in [6, 6.07) is 15.0. The smallest absolute Gasteiger partial charge is 0.238 e. The number of hydrogen-bond acceptors (Lipinski definition) is 4. The number of likely N-dealkylation sites (N-methyl/N-ethyl adjacent to an activating group) is 1. The molecular formula is C18H20N4O2S. The fourth-order valence-electron chi connectivity index (χ4n) is 2.49. The van der Waals surface area contributed by atoms with E-state index in [2.05, 4.69) is 15.3 Å². The number of rotatable bonds is 6. The van der Waals surface area contributed by atoms with Crippen molar-refractivity contribution in [1.82, 2.24) is 14.9 Å². The Hall–Kier alpha value is -2.51. The predicted octanol–water partition coefficient (Wildman–Crippen LogP) is 2.37. The summed E-state index contributed by atoms with van der Waals surface area (Å²) < 4.78 is 12.7. The van der Waals surface area contributed by atoms with Crippen molar-refractivity contribution in [2.24, 2.45) is 0 Å². The maximum absolute atomic E-state index is 12.7. The van der Waals surface area contributed by atoms with E-state index >= 15 is 0 Å². The van der Waals surface area contributed by atoms with E-state index in [1.807, 2.05) is 62.6 Å². The number of anilines is 1. The van der Waals surface area contributed by atoms with Gasteiger partial charge in [-0.05, 0) is 37.9 Å². The molecule has 3 aromatic rings. The Balaban J connectivity index is 1.78. The highest BCUT2D eigenvalue weighted by Crippen LogP contribution is 2.20. The van der Waals surface area contributed by atoms with Gasteiger partial charge in [0.2, 0.25) is 5.91 Å². The van der Waals surface area contributed by atoms with Crippen LogP contribution in [-0.4, -0.2) is 45.6 Å². The first-order chi connectivity index (χ1) is 12.0. The lowest BCUT2D eigenvalue weighted by atomic mass is 10.2. The number of carbonyl (C=O) groups excluding carboxylic acids is 1. The number of para-hydroxylation sites is 3. The molecule has 0 spiro atoms. The molecule has 0 aliphatic rings. The Labute approximate surface area is 148 Å². The minimum Gasteiger partial charge on any atom is -0.331 e. The van der Waals surface area contributed by atoms with Gasteiger partial charge in [0.25, 0.3) is 0 Å². The van der Waals surface area contributed by atoms with E-state index < -0.39 is 10.8 Å². The van der Waals surface area contributed by atoms with Gasteiger partial charge in [0, 0.05) is 5.69 Å². The number of nitrogens with one attached hydrogen (secondary N) is 2. The average molecular weight is 356 g/mol. The number of aromatic nitrogens is 2. The zero-order chi connectivity index (χ0) is 17.8. The first kappa shape index (κ1) is 17.3. The van der Waals surface area contributed by atoms with Gasteiger partial charge >= 0.3 is 0 Å². The summed E-state index contributed by atoms with van der Waals surface area (Å²) in [6.07, 6.45) is 0. The molecule has 1 heterocycles. The minimum atomic E-state index is -1.33. The van der Waals surface area contributed by atoms with E-state index in [-0.39, 0.29) is 11.7 Å². The van der Waals surface area contributed by atoms with Crippen molar-refractivity contribution in [2.45, 2.75) is 10.9 Å². The van der Waals surface area contributed by atoms with Crippen LogP contribution in [0.3, 0.4) is 0 Å². The van der Waals surface area contributed by atoms with Crippen LogP contribution in [0.4, 0.5) is 5.69 Å². The van der Waals surface area contributed by atoms with Gasteiger partial charge in [-0.1, -0.05) is 30.3 Å². The lowest BCUT2D eigenvalue weighted by Gasteiger charge is -2.13. The van der Waals surface area contributed by atoms with Gasteiger partial charge in [-0.15, -0.1) is 0 Å². The number of amides is 1. The molecule has 0 fully saturated rings. The molecule has 0 radical (unpaired) electrons. The monoisotopic (exact) mass is 356 g/mol. The molecule has 7 heteroatoms. The highest BCUT2D eigenvalue weighted by molar-refractivity contribution is 7.84. The first-order valence-corrected chi connectivity index (χ1v) is 9.20. The third-order valence-corrected chi connectivity index (χ3v) is 4.82. The van der Waals surface area contributed by atoms with E-state index in [9.17, 15) is 9.00 Å². The normalized spacial score (nSPS) is 12.4. The van der Waals surface area contributed by atoms with Crippen molar-refractivity contribution in [3.63, 3.8) is 0 Å². The number of benzene rings is 2. The van der Waals surface area contributed by atoms with Crippen molar-refractivity contribution < 1.29 is 9.00 Å². The number of carbonyl (C=O) groups is 1. The second kappa shape index (κ2) is 7.58. The average Bonchev–Trinajstić information content (AvgIpc) is 3.00. The van der Waals surface area contributed by atoms with Crippen LogP contribution in [0.25, 0.3) is 11.0 Å². The zero-order valence-corrected chi connectivity index (χ0v) is 15.0. The highest BCUT2D eigenvalue weighted by Gasteiger charge is 2.14. The molecule has 3 rings (SSSR count). The van der Waals surface area contributed by atoms with Crippen LogP contribution >= 0.6 is 0 Å². The van der Waals surface area contributed by atoms with Gasteiger partial charge in [-0.25, -0.2) is 4.98 Å². The summed E-state index contributed by atoms with van der Waals surface area (Å²) in [4.78, 5) is 21.3. The number of nitrogens with zero attached hydrogens (tertiary/aromatic N) is 2. The van der Waals surface area contributed by atoms with Crippen LogP contribution in [-0.2, 0) is 21.3 Å². The van der Waals surface area contributed by atoms with Crippen molar-refractivity contribution in [3.05, 3.63) is 54.1 Å². The lowest BCUT2D eigenvalue weighted by molar-refractivity contribution is -0.116. The number of hydrogen-bond donors (Lipinski definition) is 2. The SMILES string of the molecule is CN(C)CC(=O)Nc1ccccc1CS(=O)c1nc2ccccc2[nH]1. The van der Waals surface area contributed by atoms with Crippen LogP contribution in [0.2, 0.25) is 0 Å². The molecule has 0 saturated heterocycles. The summed E-state index contributed by atoms with van der Waals surface area (Å²) in [7, 11) is 2.34. The van der Waals surface area contributed by atoms with Crippen molar-refractivity contribution in [1.29, 1.82) is 0 Å². The summed E-state index contributed by atoms with van der Waals surface area (Å²) in [5, 5.41) is 3.32. The van der Waals surface area contributed by atoms with Crippen LogP contribution in [0.5, 0.6) is 0 Å². The van der Waals surface area contributed by atoms with Crippen molar-refractivity contribution in [2.75, 3.05) is 26.0 Å². The molecule has 130 valence electrons. The molecule has 2 aromatic carbocycles. The van der Waals surface area contributed by atoms with Gasteiger partial charge in [0.05, 0.1) is 34.1 Å². The molecule has 2 N–H and O–H groups in total. The second-order valence-electron chi connectivity index (χ2n) is 5.99. The Kier molecular flexibility index (Phi) is 5.25. The Morgan fingerprint density at radius 2 is 1.88 bits per heavy atom. The van der Waals surface area contributed by atoms with E-state index in [1.54, 1.807) is 4.90 Å². The number of imidazole rings is 1. The third kappa shape index (κ3) is 4.32. The number of aromatic amines is 1. The molecule has 1 atom stereocenters. The van der Waals surface area contributed by atoms with Gasteiger partial charge < -0.3 is 15.2 Å². The molecule has 1 amide bonds. The fourth-order valence-corrected chi connectivity index (χ4v) is 3.59. The molecule has 0 saturated carbocycles. The van der Waals surface area contributed by atoms with Gasteiger partial charge in [-0.2, -0.15) is 0 Å².